The maximum atomic E-state index is 11.6. The third kappa shape index (κ3) is 2.79. The summed E-state index contributed by atoms with van der Waals surface area (Å²) in [4.78, 5) is 22.5. The maximum Gasteiger partial charge on any atom is 0.278 e. The summed E-state index contributed by atoms with van der Waals surface area (Å²) in [7, 11) is 1.97. The summed E-state index contributed by atoms with van der Waals surface area (Å²) < 4.78 is 1.82. The number of nitrogens with one attached hydrogen (secondary N) is 1. The van der Waals surface area contributed by atoms with E-state index < -0.39 is 0 Å². The van der Waals surface area contributed by atoms with E-state index in [2.05, 4.69) is 39.2 Å². The number of imidazole rings is 1. The fourth-order valence-corrected chi connectivity index (χ4v) is 2.35. The first kappa shape index (κ1) is 13.4. The summed E-state index contributed by atoms with van der Waals surface area (Å²) in [5, 5.41) is 2.02. The molecule has 2 heterocycles. The third-order valence-electron chi connectivity index (χ3n) is 3.48. The number of fused-ring (bicyclic) bond motifs is 1. The maximum absolute atomic E-state index is 11.6. The van der Waals surface area contributed by atoms with Gasteiger partial charge >= 0.3 is 0 Å². The van der Waals surface area contributed by atoms with Crippen molar-refractivity contribution in [2.45, 2.75) is 12.8 Å². The van der Waals surface area contributed by atoms with E-state index in [1.807, 2.05) is 22.8 Å². The van der Waals surface area contributed by atoms with Crippen molar-refractivity contribution >= 4 is 11.2 Å². The van der Waals surface area contributed by atoms with E-state index in [1.165, 1.54) is 11.9 Å². The van der Waals surface area contributed by atoms with Gasteiger partial charge in [0.25, 0.3) is 5.56 Å². The van der Waals surface area contributed by atoms with E-state index in [1.54, 1.807) is 6.33 Å². The summed E-state index contributed by atoms with van der Waals surface area (Å²) in [6, 6.07) is 10.4. The second kappa shape index (κ2) is 5.78. The van der Waals surface area contributed by atoms with Crippen molar-refractivity contribution in [3.05, 3.63) is 58.9 Å². The molecule has 6 heteroatoms. The molecule has 108 valence electrons. The molecule has 0 unspecified atom stereocenters. The first-order valence-electron chi connectivity index (χ1n) is 6.92. The molecule has 0 bridgehead atoms. The second-order valence-electron chi connectivity index (χ2n) is 4.96. The van der Waals surface area contributed by atoms with Gasteiger partial charge in [0.15, 0.2) is 11.2 Å². The van der Waals surface area contributed by atoms with Gasteiger partial charge < -0.3 is 9.99 Å². The Morgan fingerprint density at radius 2 is 2.05 bits per heavy atom. The number of nitrogens with zero attached hydrogens (tertiary/aromatic N) is 4. The van der Waals surface area contributed by atoms with Crippen molar-refractivity contribution in [1.82, 2.24) is 19.6 Å². The van der Waals surface area contributed by atoms with Crippen LogP contribution in [0.5, 0.6) is 0 Å². The Kier molecular flexibility index (Phi) is 3.68. The van der Waals surface area contributed by atoms with E-state index >= 15 is 0 Å². The van der Waals surface area contributed by atoms with Crippen molar-refractivity contribution in [2.75, 3.05) is 18.6 Å². The Labute approximate surface area is 122 Å². The van der Waals surface area contributed by atoms with Crippen LogP contribution in [0.1, 0.15) is 12.0 Å². The zero-order valence-electron chi connectivity index (χ0n) is 11.9. The lowest BCUT2D eigenvalue weighted by Gasteiger charge is -2.20. The predicted molar refractivity (Wildman–Crippen MR) is 81.9 cm³/mol. The Hall–Kier alpha value is -2.63. The van der Waals surface area contributed by atoms with Crippen LogP contribution in [0.2, 0.25) is 0 Å². The molecule has 3 aromatic rings. The minimum atomic E-state index is -0.212. The number of hydrogen-bond acceptors (Lipinski definition) is 4. The molecule has 1 aromatic carbocycles. The molecule has 3 rings (SSSR count). The molecular formula is C15H17N5O. The van der Waals surface area contributed by atoms with E-state index in [-0.39, 0.29) is 5.56 Å². The van der Waals surface area contributed by atoms with Gasteiger partial charge in [0.05, 0.1) is 6.33 Å². The van der Waals surface area contributed by atoms with Crippen LogP contribution in [0, 0.1) is 0 Å². The standard InChI is InChI=1S/C15H17N5O/c1-19(9-5-8-12-6-3-2-4-7-12)20-11-18-13-14(20)16-10-17-15(13)21/h2-4,6-7,10-11H,5,8-9H2,1H3,(H,16,17,21). The summed E-state index contributed by atoms with van der Waals surface area (Å²) in [5.41, 5.74) is 2.07. The molecule has 0 aliphatic rings. The van der Waals surface area contributed by atoms with Gasteiger partial charge in [-0.2, -0.15) is 0 Å². The zero-order chi connectivity index (χ0) is 14.7. The van der Waals surface area contributed by atoms with Crippen molar-refractivity contribution in [3.63, 3.8) is 0 Å². The number of hydrogen-bond donors (Lipinski definition) is 1. The van der Waals surface area contributed by atoms with Crippen LogP contribution in [-0.2, 0) is 6.42 Å². The van der Waals surface area contributed by atoms with Crippen LogP contribution in [-0.4, -0.2) is 33.2 Å². The molecule has 0 atom stereocenters. The monoisotopic (exact) mass is 283 g/mol. The molecule has 0 fully saturated rings. The molecular weight excluding hydrogens is 266 g/mol. The fraction of sp³-hybridized carbons (Fsp3) is 0.267. The number of H-pyrrole nitrogens is 1. The Morgan fingerprint density at radius 1 is 1.24 bits per heavy atom. The highest BCUT2D eigenvalue weighted by molar-refractivity contribution is 5.69. The van der Waals surface area contributed by atoms with E-state index in [4.69, 9.17) is 0 Å². The van der Waals surface area contributed by atoms with Crippen LogP contribution in [0.15, 0.2) is 47.8 Å². The van der Waals surface area contributed by atoms with Gasteiger partial charge in [0.2, 0.25) is 0 Å². The molecule has 0 saturated heterocycles. The molecule has 2 aromatic heterocycles. The van der Waals surface area contributed by atoms with E-state index in [9.17, 15) is 4.79 Å². The lowest BCUT2D eigenvalue weighted by molar-refractivity contribution is 0.630. The SMILES string of the molecule is CN(CCCc1ccccc1)n1cnc2c(=O)[nH]cnc21. The molecule has 6 nitrogen and oxygen atoms in total. The lowest BCUT2D eigenvalue weighted by Crippen LogP contribution is -2.31. The molecule has 0 radical (unpaired) electrons. The van der Waals surface area contributed by atoms with E-state index in [0.29, 0.717) is 11.2 Å². The van der Waals surface area contributed by atoms with Gasteiger partial charge in [0, 0.05) is 13.6 Å². The average Bonchev–Trinajstić information content (AvgIpc) is 2.94. The normalized spacial score (nSPS) is 10.9. The van der Waals surface area contributed by atoms with Gasteiger partial charge in [-0.25, -0.2) is 14.6 Å². The van der Waals surface area contributed by atoms with Crippen molar-refractivity contribution in [2.24, 2.45) is 0 Å². The number of aromatic nitrogens is 4. The van der Waals surface area contributed by atoms with Crippen molar-refractivity contribution in [1.29, 1.82) is 0 Å². The van der Waals surface area contributed by atoms with Crippen molar-refractivity contribution in [3.8, 4) is 0 Å². The molecule has 0 amide bonds. The second-order valence-corrected chi connectivity index (χ2v) is 4.96. The highest BCUT2D eigenvalue weighted by Gasteiger charge is 2.09. The average molecular weight is 283 g/mol. The summed E-state index contributed by atoms with van der Waals surface area (Å²) in [6.45, 7) is 0.856. The minimum Gasteiger partial charge on any atom is -0.313 e. The lowest BCUT2D eigenvalue weighted by atomic mass is 10.1. The summed E-state index contributed by atoms with van der Waals surface area (Å²) in [6.07, 6.45) is 5.07. The van der Waals surface area contributed by atoms with E-state index in [0.717, 1.165) is 19.4 Å². The highest BCUT2D eigenvalue weighted by atomic mass is 16.1. The van der Waals surface area contributed by atoms with Crippen LogP contribution in [0.4, 0.5) is 0 Å². The van der Waals surface area contributed by atoms with Crippen molar-refractivity contribution < 1.29 is 0 Å². The molecule has 0 aliphatic heterocycles. The van der Waals surface area contributed by atoms with Gasteiger partial charge in [-0.1, -0.05) is 30.3 Å². The minimum absolute atomic E-state index is 0.212. The zero-order valence-corrected chi connectivity index (χ0v) is 11.9. The Balaban J connectivity index is 1.68. The van der Waals surface area contributed by atoms with Crippen LogP contribution >= 0.6 is 0 Å². The quantitative estimate of drug-likeness (QED) is 0.767. The van der Waals surface area contributed by atoms with Gasteiger partial charge in [-0.05, 0) is 18.4 Å². The summed E-state index contributed by atoms with van der Waals surface area (Å²) >= 11 is 0. The number of benzene rings is 1. The predicted octanol–water partition coefficient (Wildman–Crippen LogP) is 1.32. The molecule has 0 aliphatic carbocycles. The first-order valence-corrected chi connectivity index (χ1v) is 6.92. The molecule has 21 heavy (non-hydrogen) atoms. The fourth-order valence-electron chi connectivity index (χ4n) is 2.35. The van der Waals surface area contributed by atoms with Crippen LogP contribution in [0.25, 0.3) is 11.2 Å². The molecule has 1 N–H and O–H groups in total. The number of aryl methyl sites for hydroxylation is 1. The Morgan fingerprint density at radius 3 is 2.86 bits per heavy atom. The Bertz CT molecular complexity index is 777. The first-order chi connectivity index (χ1) is 10.3. The van der Waals surface area contributed by atoms with Crippen LogP contribution < -0.4 is 10.6 Å². The third-order valence-corrected chi connectivity index (χ3v) is 3.48. The summed E-state index contributed by atoms with van der Waals surface area (Å²) in [5.74, 6) is 0. The highest BCUT2D eigenvalue weighted by Crippen LogP contribution is 2.06. The van der Waals surface area contributed by atoms with Gasteiger partial charge in [0.1, 0.15) is 6.33 Å². The largest absolute Gasteiger partial charge is 0.313 e. The number of rotatable bonds is 5. The molecule has 0 saturated carbocycles. The van der Waals surface area contributed by atoms with Gasteiger partial charge in [-0.3, -0.25) is 4.79 Å². The van der Waals surface area contributed by atoms with Crippen LogP contribution in [0.3, 0.4) is 0 Å². The number of aromatic amines is 1. The molecule has 0 spiro atoms. The van der Waals surface area contributed by atoms with Gasteiger partial charge in [-0.15, -0.1) is 0 Å². The topological polar surface area (TPSA) is 66.8 Å². The smallest absolute Gasteiger partial charge is 0.278 e.